The van der Waals surface area contributed by atoms with Crippen LogP contribution in [-0.4, -0.2) is 21.1 Å². The predicted octanol–water partition coefficient (Wildman–Crippen LogP) is 6.28. The number of hydrogen-bond donors (Lipinski definition) is 0. The van der Waals surface area contributed by atoms with Gasteiger partial charge in [0.2, 0.25) is 0 Å². The number of carbonyl (C=O) groups excluding carboxylic acids is 2. The first kappa shape index (κ1) is 22.3. The number of hydrogen-bond acceptors (Lipinski definition) is 4. The van der Waals surface area contributed by atoms with Gasteiger partial charge in [0.05, 0.1) is 5.41 Å². The third-order valence-electron chi connectivity index (χ3n) is 7.55. The molecule has 0 unspecified atom stereocenters. The highest BCUT2D eigenvalue weighted by Gasteiger charge is 2.54. The molecule has 2 aliphatic rings. The van der Waals surface area contributed by atoms with Gasteiger partial charge in [-0.25, -0.2) is 4.98 Å². The van der Waals surface area contributed by atoms with Gasteiger partial charge in [-0.15, -0.1) is 0 Å². The van der Waals surface area contributed by atoms with Crippen LogP contribution in [0.5, 0.6) is 0 Å². The van der Waals surface area contributed by atoms with E-state index in [-0.39, 0.29) is 17.0 Å². The molecule has 2 aliphatic carbocycles. The molecule has 0 bridgehead atoms. The maximum absolute atomic E-state index is 13.1. The number of aromatic nitrogens is 2. The lowest BCUT2D eigenvalue weighted by Gasteiger charge is -2.38. The monoisotopic (exact) mass is 480 g/mol. The average Bonchev–Trinajstić information content (AvgIpc) is 3.38. The van der Waals surface area contributed by atoms with E-state index in [1.807, 2.05) is 26.1 Å². The number of fused-ring (bicyclic) bond motifs is 2. The first-order valence-electron chi connectivity index (χ1n) is 12.2. The van der Waals surface area contributed by atoms with Crippen LogP contribution in [0.3, 0.4) is 0 Å². The van der Waals surface area contributed by atoms with Crippen molar-refractivity contribution in [3.05, 3.63) is 89.7 Å². The summed E-state index contributed by atoms with van der Waals surface area (Å²) >= 11 is 1.65. The molecule has 176 valence electrons. The van der Waals surface area contributed by atoms with Gasteiger partial charge in [0.1, 0.15) is 16.6 Å². The van der Waals surface area contributed by atoms with Crippen molar-refractivity contribution in [1.82, 2.24) is 9.55 Å². The maximum Gasteiger partial charge on any atom is 0.147 e. The molecule has 0 N–H and O–H groups in total. The minimum absolute atomic E-state index is 0.105. The molecule has 0 radical (unpaired) electrons. The third kappa shape index (κ3) is 3.92. The van der Waals surface area contributed by atoms with Crippen LogP contribution in [0, 0.1) is 10.8 Å². The largest absolute Gasteiger partial charge is 0.342 e. The van der Waals surface area contributed by atoms with E-state index >= 15 is 0 Å². The van der Waals surface area contributed by atoms with E-state index in [0.717, 1.165) is 27.6 Å². The van der Waals surface area contributed by atoms with Crippen molar-refractivity contribution in [2.75, 3.05) is 0 Å². The number of benzene rings is 2. The third-order valence-corrected chi connectivity index (χ3v) is 8.53. The maximum atomic E-state index is 13.1. The zero-order valence-corrected chi connectivity index (χ0v) is 20.9. The number of Topliss-reactive ketones (excluding diaryl/α,β-unsaturated/α-hetero) is 2. The quantitative estimate of drug-likeness (QED) is 0.323. The number of para-hydroxylation sites is 1. The minimum atomic E-state index is -0.867. The lowest BCUT2D eigenvalue weighted by Crippen LogP contribution is -2.48. The molecule has 5 heteroatoms. The molecule has 1 fully saturated rings. The smallest absolute Gasteiger partial charge is 0.147 e. The van der Waals surface area contributed by atoms with Gasteiger partial charge in [-0.2, -0.15) is 0 Å². The summed E-state index contributed by atoms with van der Waals surface area (Å²) in [5.41, 5.74) is 3.49. The van der Waals surface area contributed by atoms with Gasteiger partial charge in [-0.1, -0.05) is 74.1 Å². The van der Waals surface area contributed by atoms with Crippen LogP contribution in [0.1, 0.15) is 43.4 Å². The summed E-state index contributed by atoms with van der Waals surface area (Å²) in [6.07, 6.45) is 6.06. The lowest BCUT2D eigenvalue weighted by atomic mass is 9.62. The van der Waals surface area contributed by atoms with Crippen LogP contribution >= 0.6 is 11.8 Å². The Bertz CT molecular complexity index is 1450. The second-order valence-corrected chi connectivity index (χ2v) is 11.9. The molecule has 2 aromatic heterocycles. The number of nitrogens with zero attached hydrogens (tertiary/aromatic N) is 2. The topological polar surface area (TPSA) is 52.0 Å². The Labute approximate surface area is 209 Å². The molecule has 0 aliphatic heterocycles. The fourth-order valence-corrected chi connectivity index (χ4v) is 6.73. The average molecular weight is 481 g/mol. The van der Waals surface area contributed by atoms with Crippen molar-refractivity contribution in [1.29, 1.82) is 0 Å². The molecular weight excluding hydrogens is 452 g/mol. The summed E-state index contributed by atoms with van der Waals surface area (Å²) in [4.78, 5) is 32.2. The van der Waals surface area contributed by atoms with Crippen molar-refractivity contribution in [2.24, 2.45) is 10.8 Å². The first-order chi connectivity index (χ1) is 16.8. The van der Waals surface area contributed by atoms with E-state index in [1.165, 1.54) is 16.5 Å². The van der Waals surface area contributed by atoms with Crippen molar-refractivity contribution < 1.29 is 9.59 Å². The molecule has 1 spiro atoms. The Morgan fingerprint density at radius 2 is 1.57 bits per heavy atom. The minimum Gasteiger partial charge on any atom is -0.342 e. The highest BCUT2D eigenvalue weighted by atomic mass is 32.2. The van der Waals surface area contributed by atoms with Crippen molar-refractivity contribution in [3.63, 3.8) is 0 Å². The van der Waals surface area contributed by atoms with Crippen LogP contribution in [0.2, 0.25) is 0 Å². The molecule has 4 nitrogen and oxygen atoms in total. The number of rotatable bonds is 4. The molecular formula is C30H28N2O2S. The Kier molecular flexibility index (Phi) is 5.22. The second-order valence-electron chi connectivity index (χ2n) is 10.8. The molecule has 0 saturated heterocycles. The Balaban J connectivity index is 1.29. The fraction of sp³-hybridized carbons (Fsp3) is 0.300. The summed E-state index contributed by atoms with van der Waals surface area (Å²) in [6.45, 7) is 4.84. The SMILES string of the molecule is CC1(C)CC(=O)C2(Cc3cnc(Sc4cn(Cc5ccccc5)c5ccccc45)cc3C2)C(=O)C1. The van der Waals surface area contributed by atoms with Gasteiger partial charge >= 0.3 is 0 Å². The van der Waals surface area contributed by atoms with Crippen LogP contribution in [0.25, 0.3) is 10.9 Å². The fourth-order valence-electron chi connectivity index (χ4n) is 5.73. The van der Waals surface area contributed by atoms with Gasteiger partial charge in [0, 0.05) is 47.6 Å². The summed E-state index contributed by atoms with van der Waals surface area (Å²) in [5, 5.41) is 2.10. The van der Waals surface area contributed by atoms with Crippen LogP contribution in [-0.2, 0) is 29.0 Å². The first-order valence-corrected chi connectivity index (χ1v) is 13.0. The zero-order valence-electron chi connectivity index (χ0n) is 20.1. The molecule has 0 amide bonds. The standard InChI is InChI=1S/C30H28N2O2S/c1-29(2)15-26(33)30(27(34)16-29)13-21-12-28(31-17-22(21)14-30)35-25-19-32(18-20-8-4-3-5-9-20)24-11-7-6-10-23(24)25/h3-12,17,19H,13-16,18H2,1-2H3. The van der Waals surface area contributed by atoms with Crippen molar-refractivity contribution in [2.45, 2.75) is 56.0 Å². The van der Waals surface area contributed by atoms with E-state index in [9.17, 15) is 9.59 Å². The van der Waals surface area contributed by atoms with Crippen LogP contribution in [0.4, 0.5) is 0 Å². The van der Waals surface area contributed by atoms with E-state index in [4.69, 9.17) is 4.98 Å². The lowest BCUT2D eigenvalue weighted by molar-refractivity contribution is -0.147. The highest BCUT2D eigenvalue weighted by Crippen LogP contribution is 2.48. The molecule has 1 saturated carbocycles. The predicted molar refractivity (Wildman–Crippen MR) is 139 cm³/mol. The normalized spacial score (nSPS) is 18.3. The summed E-state index contributed by atoms with van der Waals surface area (Å²) in [6, 6.07) is 21.0. The molecule has 0 atom stereocenters. The highest BCUT2D eigenvalue weighted by molar-refractivity contribution is 7.99. The number of pyridine rings is 1. The Morgan fingerprint density at radius 3 is 2.34 bits per heavy atom. The van der Waals surface area contributed by atoms with Crippen LogP contribution in [0.15, 0.2) is 83.0 Å². The van der Waals surface area contributed by atoms with Gasteiger partial charge < -0.3 is 4.57 Å². The van der Waals surface area contributed by atoms with Crippen molar-refractivity contribution in [3.8, 4) is 0 Å². The Morgan fingerprint density at radius 1 is 0.886 bits per heavy atom. The summed E-state index contributed by atoms with van der Waals surface area (Å²) in [5.74, 6) is 0.210. The molecule has 2 aromatic carbocycles. The van der Waals surface area contributed by atoms with E-state index in [2.05, 4.69) is 65.4 Å². The molecule has 2 heterocycles. The van der Waals surface area contributed by atoms with Gasteiger partial charge in [-0.05, 0) is 47.1 Å². The Hall–Kier alpha value is -3.18. The van der Waals surface area contributed by atoms with E-state index in [1.54, 1.807) is 11.8 Å². The van der Waals surface area contributed by atoms with Gasteiger partial charge in [0.15, 0.2) is 0 Å². The molecule has 35 heavy (non-hydrogen) atoms. The molecule has 6 rings (SSSR count). The van der Waals surface area contributed by atoms with E-state index in [0.29, 0.717) is 25.7 Å². The summed E-state index contributed by atoms with van der Waals surface area (Å²) in [7, 11) is 0. The second kappa shape index (κ2) is 8.20. The zero-order chi connectivity index (χ0) is 24.2. The number of ketones is 2. The van der Waals surface area contributed by atoms with E-state index < -0.39 is 5.41 Å². The van der Waals surface area contributed by atoms with Crippen molar-refractivity contribution >= 4 is 34.2 Å². The number of carbonyl (C=O) groups is 2. The summed E-state index contributed by atoms with van der Waals surface area (Å²) < 4.78 is 2.29. The van der Waals surface area contributed by atoms with Crippen LogP contribution < -0.4 is 0 Å². The van der Waals surface area contributed by atoms with Gasteiger partial charge in [-0.3, -0.25) is 9.59 Å². The van der Waals surface area contributed by atoms with Gasteiger partial charge in [0.25, 0.3) is 0 Å². The molecule has 4 aromatic rings.